The van der Waals surface area contributed by atoms with E-state index in [1.807, 2.05) is 31.2 Å². The minimum atomic E-state index is 0.0514. The Morgan fingerprint density at radius 1 is 1.22 bits per heavy atom. The number of aryl methyl sites for hydroxylation is 1. The molecule has 0 spiro atoms. The van der Waals surface area contributed by atoms with Crippen molar-refractivity contribution in [2.24, 2.45) is 0 Å². The van der Waals surface area contributed by atoms with Crippen LogP contribution in [0, 0.1) is 6.92 Å². The summed E-state index contributed by atoms with van der Waals surface area (Å²) in [5.41, 5.74) is 2.14. The third kappa shape index (κ3) is 4.32. The summed E-state index contributed by atoms with van der Waals surface area (Å²) in [6, 6.07) is 11.5. The molecular weight excluding hydrogens is 370 g/mol. The molecule has 0 radical (unpaired) electrons. The maximum atomic E-state index is 12.0. The van der Waals surface area contributed by atoms with Gasteiger partial charge in [-0.05, 0) is 30.7 Å². The van der Waals surface area contributed by atoms with Gasteiger partial charge in [-0.1, -0.05) is 52.9 Å². The van der Waals surface area contributed by atoms with Crippen LogP contribution in [0.2, 0.25) is 4.34 Å². The summed E-state index contributed by atoms with van der Waals surface area (Å²) in [7, 11) is 0. The number of hydrogen-bond donors (Lipinski definition) is 1. The molecule has 0 aliphatic carbocycles. The van der Waals surface area contributed by atoms with Crippen molar-refractivity contribution in [1.82, 2.24) is 10.2 Å². The van der Waals surface area contributed by atoms with Crippen LogP contribution >= 0.6 is 46.0 Å². The lowest BCUT2D eigenvalue weighted by atomic mass is 10.2. The van der Waals surface area contributed by atoms with E-state index >= 15 is 0 Å². The van der Waals surface area contributed by atoms with Crippen molar-refractivity contribution in [2.75, 3.05) is 11.1 Å². The van der Waals surface area contributed by atoms with E-state index in [0.717, 1.165) is 15.6 Å². The number of nitrogens with one attached hydrogen (secondary N) is 1. The van der Waals surface area contributed by atoms with Gasteiger partial charge in [-0.15, -0.1) is 21.5 Å². The average Bonchev–Trinajstić information content (AvgIpc) is 3.16. The van der Waals surface area contributed by atoms with E-state index in [2.05, 4.69) is 15.5 Å². The Morgan fingerprint density at radius 3 is 2.78 bits per heavy atom. The van der Waals surface area contributed by atoms with Crippen LogP contribution in [-0.2, 0) is 0 Å². The summed E-state index contributed by atoms with van der Waals surface area (Å²) in [4.78, 5) is 12.7. The maximum absolute atomic E-state index is 12.0. The molecule has 0 fully saturated rings. The van der Waals surface area contributed by atoms with Gasteiger partial charge in [0, 0.05) is 5.69 Å². The fraction of sp³-hybridized carbons (Fsp3) is 0.133. The van der Waals surface area contributed by atoms with Crippen LogP contribution < -0.4 is 5.32 Å². The normalized spacial score (nSPS) is 10.7. The molecule has 3 aromatic rings. The first-order valence-corrected chi connectivity index (χ1v) is 9.69. The van der Waals surface area contributed by atoms with Gasteiger partial charge in [0.05, 0.1) is 15.0 Å². The van der Waals surface area contributed by atoms with E-state index in [-0.39, 0.29) is 5.78 Å². The van der Waals surface area contributed by atoms with Gasteiger partial charge in [-0.3, -0.25) is 4.79 Å². The van der Waals surface area contributed by atoms with Crippen molar-refractivity contribution < 1.29 is 4.79 Å². The van der Waals surface area contributed by atoms with Crippen LogP contribution in [0.25, 0.3) is 0 Å². The van der Waals surface area contributed by atoms with Crippen LogP contribution in [0.1, 0.15) is 15.2 Å². The molecule has 2 aromatic heterocycles. The minimum absolute atomic E-state index is 0.0514. The number of carbonyl (C=O) groups excluding carboxylic acids is 1. The monoisotopic (exact) mass is 381 g/mol. The summed E-state index contributed by atoms with van der Waals surface area (Å²) in [5.74, 6) is 0.381. The van der Waals surface area contributed by atoms with Gasteiger partial charge in [-0.2, -0.15) is 0 Å². The number of thioether (sulfide) groups is 1. The molecule has 8 heteroatoms. The zero-order valence-corrected chi connectivity index (χ0v) is 15.3. The molecule has 0 unspecified atom stereocenters. The third-order valence-corrected chi connectivity index (χ3v) is 6.21. The maximum Gasteiger partial charge on any atom is 0.210 e. The molecule has 1 aromatic carbocycles. The Balaban J connectivity index is 1.59. The van der Waals surface area contributed by atoms with E-state index in [4.69, 9.17) is 11.6 Å². The van der Waals surface area contributed by atoms with Crippen LogP contribution in [0.15, 0.2) is 40.7 Å². The first-order chi connectivity index (χ1) is 11.1. The molecule has 0 saturated carbocycles. The van der Waals surface area contributed by atoms with Crippen molar-refractivity contribution in [3.63, 3.8) is 0 Å². The number of ketones is 1. The van der Waals surface area contributed by atoms with Gasteiger partial charge in [0.2, 0.25) is 5.13 Å². The predicted molar refractivity (Wildman–Crippen MR) is 98.8 cm³/mol. The molecule has 0 aliphatic rings. The topological polar surface area (TPSA) is 54.9 Å². The second kappa shape index (κ2) is 7.44. The molecule has 0 atom stereocenters. The molecule has 23 heavy (non-hydrogen) atoms. The summed E-state index contributed by atoms with van der Waals surface area (Å²) < 4.78 is 1.39. The number of thiophene rings is 1. The Hall–Kier alpha value is -1.41. The SMILES string of the molecule is Cc1ccccc1Nc1nnc(SCC(=O)c2ccc(Cl)s2)s1. The smallest absolute Gasteiger partial charge is 0.210 e. The largest absolute Gasteiger partial charge is 0.330 e. The standard InChI is InChI=1S/C15H12ClN3OS3/c1-9-4-2-3-5-10(9)17-14-18-19-15(23-14)21-8-11(20)12-6-7-13(16)22-12/h2-7H,8H2,1H3,(H,17,18). The van der Waals surface area contributed by atoms with Gasteiger partial charge >= 0.3 is 0 Å². The second-order valence-corrected chi connectivity index (χ2v) is 8.54. The first-order valence-electron chi connectivity index (χ1n) is 6.69. The number of anilines is 2. The number of nitrogens with zero attached hydrogens (tertiary/aromatic N) is 2. The highest BCUT2D eigenvalue weighted by Crippen LogP contribution is 2.30. The number of benzene rings is 1. The number of aromatic nitrogens is 2. The summed E-state index contributed by atoms with van der Waals surface area (Å²) >= 11 is 9.96. The van der Waals surface area contributed by atoms with Crippen molar-refractivity contribution in [1.29, 1.82) is 0 Å². The van der Waals surface area contributed by atoms with E-state index in [0.29, 0.717) is 20.1 Å². The van der Waals surface area contributed by atoms with Gasteiger partial charge in [0.15, 0.2) is 10.1 Å². The molecule has 0 saturated heterocycles. The van der Waals surface area contributed by atoms with Gasteiger partial charge in [-0.25, -0.2) is 0 Å². The number of carbonyl (C=O) groups is 1. The zero-order valence-electron chi connectivity index (χ0n) is 12.1. The second-order valence-electron chi connectivity index (χ2n) is 4.63. The fourth-order valence-corrected chi connectivity index (χ4v) is 4.53. The Morgan fingerprint density at radius 2 is 2.04 bits per heavy atom. The highest BCUT2D eigenvalue weighted by atomic mass is 35.5. The number of halogens is 1. The Labute approximate surface area is 150 Å². The fourth-order valence-electron chi connectivity index (χ4n) is 1.81. The van der Waals surface area contributed by atoms with E-state index in [9.17, 15) is 4.79 Å². The van der Waals surface area contributed by atoms with Crippen molar-refractivity contribution in [2.45, 2.75) is 11.3 Å². The molecular formula is C15H12ClN3OS3. The molecule has 4 nitrogen and oxygen atoms in total. The van der Waals surface area contributed by atoms with E-state index in [1.54, 1.807) is 12.1 Å². The van der Waals surface area contributed by atoms with Crippen molar-refractivity contribution in [3.05, 3.63) is 51.2 Å². The lowest BCUT2D eigenvalue weighted by Gasteiger charge is -2.04. The van der Waals surface area contributed by atoms with Crippen LogP contribution in [0.4, 0.5) is 10.8 Å². The molecule has 2 heterocycles. The first kappa shape index (κ1) is 16.4. The quantitative estimate of drug-likeness (QED) is 0.465. The lowest BCUT2D eigenvalue weighted by Crippen LogP contribution is -1.98. The molecule has 0 bridgehead atoms. The summed E-state index contributed by atoms with van der Waals surface area (Å²) in [5, 5.41) is 12.2. The third-order valence-electron chi connectivity index (χ3n) is 2.97. The lowest BCUT2D eigenvalue weighted by molar-refractivity contribution is 0.102. The zero-order chi connectivity index (χ0) is 16.2. The molecule has 0 amide bonds. The van der Waals surface area contributed by atoms with Gasteiger partial charge in [0.1, 0.15) is 0 Å². The van der Waals surface area contributed by atoms with Gasteiger partial charge in [0.25, 0.3) is 0 Å². The predicted octanol–water partition coefficient (Wildman–Crippen LogP) is 5.28. The molecule has 1 N–H and O–H groups in total. The highest BCUT2D eigenvalue weighted by Gasteiger charge is 2.12. The number of hydrogen-bond acceptors (Lipinski definition) is 7. The average molecular weight is 382 g/mol. The highest BCUT2D eigenvalue weighted by molar-refractivity contribution is 8.01. The molecule has 0 aliphatic heterocycles. The van der Waals surface area contributed by atoms with Crippen LogP contribution in [0.5, 0.6) is 0 Å². The number of para-hydroxylation sites is 1. The minimum Gasteiger partial charge on any atom is -0.330 e. The number of Topliss-reactive ketones (excluding diaryl/α,β-unsaturated/α-hetero) is 1. The van der Waals surface area contributed by atoms with Crippen LogP contribution in [0.3, 0.4) is 0 Å². The van der Waals surface area contributed by atoms with E-state index < -0.39 is 0 Å². The molecule has 3 rings (SSSR count). The van der Waals surface area contributed by atoms with Crippen molar-refractivity contribution >= 4 is 62.6 Å². The van der Waals surface area contributed by atoms with Crippen molar-refractivity contribution in [3.8, 4) is 0 Å². The Bertz CT molecular complexity index is 831. The molecule has 118 valence electrons. The van der Waals surface area contributed by atoms with E-state index in [1.165, 1.54) is 34.4 Å². The number of rotatable bonds is 6. The summed E-state index contributed by atoms with van der Waals surface area (Å²) in [6.07, 6.45) is 0. The van der Waals surface area contributed by atoms with Crippen LogP contribution in [-0.4, -0.2) is 21.7 Å². The van der Waals surface area contributed by atoms with Gasteiger partial charge < -0.3 is 5.32 Å². The summed E-state index contributed by atoms with van der Waals surface area (Å²) in [6.45, 7) is 2.03. The Kier molecular flexibility index (Phi) is 5.32.